The Labute approximate surface area is 375 Å². The maximum atomic E-state index is 7.74. The molecule has 0 aromatic heterocycles. The summed E-state index contributed by atoms with van der Waals surface area (Å²) in [6.07, 6.45) is 6.54. The van der Waals surface area contributed by atoms with E-state index in [4.69, 9.17) is 18.9 Å². The molecular formula is C48H46I2NO4P3. The summed E-state index contributed by atoms with van der Waals surface area (Å²) in [5.74, 6) is 2.52. The van der Waals surface area contributed by atoms with Crippen LogP contribution >= 0.6 is 72.9 Å². The number of halogens is 2. The second-order valence-corrected chi connectivity index (χ2v) is 19.1. The first-order chi connectivity index (χ1) is 28.1. The third-order valence-corrected chi connectivity index (χ3v) is 18.9. The van der Waals surface area contributed by atoms with Crippen LogP contribution in [0.25, 0.3) is 39.1 Å². The van der Waals surface area contributed by atoms with E-state index in [1.165, 1.54) is 67.5 Å². The molecule has 1 fully saturated rings. The predicted molar refractivity (Wildman–Crippen MR) is 269 cm³/mol. The molecule has 296 valence electrons. The van der Waals surface area contributed by atoms with Crippen LogP contribution in [0.5, 0.6) is 17.2 Å². The lowest BCUT2D eigenvalue weighted by Crippen LogP contribution is -2.36. The van der Waals surface area contributed by atoms with Gasteiger partial charge in [-0.1, -0.05) is 62.4 Å². The van der Waals surface area contributed by atoms with Crippen LogP contribution in [0, 0.1) is 7.14 Å². The van der Waals surface area contributed by atoms with Crippen LogP contribution in [0.2, 0.25) is 0 Å². The Bertz CT molecular complexity index is 2560. The average molecular weight is 1050 g/mol. The van der Waals surface area contributed by atoms with Gasteiger partial charge in [0.15, 0.2) is 5.60 Å². The van der Waals surface area contributed by atoms with Gasteiger partial charge in [-0.05, 0) is 156 Å². The van der Waals surface area contributed by atoms with Gasteiger partial charge in [-0.15, -0.1) is 27.7 Å². The highest BCUT2D eigenvalue weighted by atomic mass is 127. The number of rotatable bonds is 8. The number of nitrogens with zero attached hydrogens (tertiary/aromatic N) is 1. The number of anilines is 1. The van der Waals surface area contributed by atoms with Gasteiger partial charge in [-0.25, -0.2) is 0 Å². The Balaban J connectivity index is 1.33. The third-order valence-electron chi connectivity index (χ3n) is 12.7. The van der Waals surface area contributed by atoms with Crippen molar-refractivity contribution in [2.75, 3.05) is 45.4 Å². The topological polar surface area (TPSA) is 40.2 Å². The fraction of sp³-hybridized carbons (Fsp3) is 0.250. The van der Waals surface area contributed by atoms with E-state index in [1.807, 2.05) is 24.3 Å². The molecule has 0 N–H and O–H groups in total. The molecule has 0 amide bonds. The summed E-state index contributed by atoms with van der Waals surface area (Å²) in [5.41, 5.74) is 11.1. The van der Waals surface area contributed by atoms with Gasteiger partial charge in [0.25, 0.3) is 0 Å². The molecule has 2 heterocycles. The molecule has 10 heteroatoms. The molecule has 9 rings (SSSR count). The summed E-state index contributed by atoms with van der Waals surface area (Å²) >= 11 is 5.00. The Morgan fingerprint density at radius 1 is 0.707 bits per heavy atom. The van der Waals surface area contributed by atoms with Crippen molar-refractivity contribution in [2.45, 2.75) is 37.7 Å². The Morgan fingerprint density at radius 2 is 1.34 bits per heavy atom. The zero-order valence-electron chi connectivity index (χ0n) is 33.0. The molecule has 3 unspecified atom stereocenters. The molecule has 0 bridgehead atoms. The second-order valence-electron chi connectivity index (χ2n) is 15.2. The molecule has 2 aliphatic heterocycles. The number of benzene rings is 6. The van der Waals surface area contributed by atoms with Crippen LogP contribution < -0.4 is 35.0 Å². The van der Waals surface area contributed by atoms with Gasteiger partial charge < -0.3 is 23.8 Å². The number of hydrogen-bond donors (Lipinski definition) is 0. The minimum absolute atomic E-state index is 0.237. The van der Waals surface area contributed by atoms with Crippen LogP contribution in [-0.4, -0.2) is 40.5 Å². The van der Waals surface area contributed by atoms with Gasteiger partial charge >= 0.3 is 0 Å². The van der Waals surface area contributed by atoms with Crippen molar-refractivity contribution in [1.29, 1.82) is 0 Å². The van der Waals surface area contributed by atoms with E-state index in [-0.39, 0.29) is 5.41 Å². The highest BCUT2D eigenvalue weighted by Gasteiger charge is 2.47. The van der Waals surface area contributed by atoms with Crippen LogP contribution in [-0.2, 0) is 15.8 Å². The van der Waals surface area contributed by atoms with Gasteiger partial charge in [0.2, 0.25) is 0 Å². The van der Waals surface area contributed by atoms with E-state index < -0.39 is 5.60 Å². The fourth-order valence-electron chi connectivity index (χ4n) is 9.54. The largest absolute Gasteiger partial charge is 0.497 e. The van der Waals surface area contributed by atoms with Crippen molar-refractivity contribution in [3.8, 4) is 39.5 Å². The average Bonchev–Trinajstić information content (AvgIpc) is 3.57. The lowest BCUT2D eigenvalue weighted by molar-refractivity contribution is 0.122. The van der Waals surface area contributed by atoms with Crippen LogP contribution in [0.1, 0.15) is 54.5 Å². The summed E-state index contributed by atoms with van der Waals surface area (Å²) < 4.78 is 27.3. The first kappa shape index (κ1) is 40.6. The molecule has 1 saturated heterocycles. The quantitative estimate of drug-likeness (QED) is 0.112. The van der Waals surface area contributed by atoms with Crippen molar-refractivity contribution in [3.05, 3.63) is 126 Å². The Kier molecular flexibility index (Phi) is 11.2. The molecule has 3 atom stereocenters. The molecule has 6 aromatic rings. The van der Waals surface area contributed by atoms with E-state index in [1.54, 1.807) is 14.2 Å². The van der Waals surface area contributed by atoms with Crippen molar-refractivity contribution >= 4 is 111 Å². The highest BCUT2D eigenvalue weighted by molar-refractivity contribution is 14.1. The Hall–Kier alpha value is -2.77. The summed E-state index contributed by atoms with van der Waals surface area (Å²) in [6.45, 7) is 7.86. The molecule has 1 aliphatic carbocycles. The zero-order chi connectivity index (χ0) is 40.5. The number of methoxy groups -OCH3 is 2. The number of hydrogen-bond acceptors (Lipinski definition) is 5. The normalized spacial score (nSPS) is 16.1. The van der Waals surface area contributed by atoms with Gasteiger partial charge in [0.1, 0.15) is 17.2 Å². The molecule has 0 radical (unpaired) electrons. The molecule has 5 nitrogen and oxygen atoms in total. The van der Waals surface area contributed by atoms with Crippen LogP contribution in [0.15, 0.2) is 91.0 Å². The van der Waals surface area contributed by atoms with Gasteiger partial charge in [-0.2, -0.15) is 0 Å². The SMILES string of the molecule is CCC1(CC)c2cc(-c3c(P)c(P)c(I)c(P)c3I)ccc2-c2c1c1c(c3cc(N4CCOCC4)ccc23)OC(c2ccc(OC)cc2)(c2ccc(OC)cc2)C=C1. The lowest BCUT2D eigenvalue weighted by atomic mass is 9.70. The summed E-state index contributed by atoms with van der Waals surface area (Å²) in [6, 6.07) is 30.9. The third kappa shape index (κ3) is 6.27. The maximum Gasteiger partial charge on any atom is 0.178 e. The Morgan fingerprint density at radius 3 is 1.95 bits per heavy atom. The first-order valence-electron chi connectivity index (χ1n) is 19.7. The van der Waals surface area contributed by atoms with Crippen molar-refractivity contribution in [3.63, 3.8) is 0 Å². The molecule has 3 aliphatic rings. The number of fused-ring (bicyclic) bond motifs is 8. The molecule has 0 spiro atoms. The van der Waals surface area contributed by atoms with E-state index in [9.17, 15) is 0 Å². The molecule has 0 saturated carbocycles. The minimum atomic E-state index is -0.913. The number of ether oxygens (including phenoxy) is 4. The van der Waals surface area contributed by atoms with E-state index in [0.29, 0.717) is 0 Å². The minimum Gasteiger partial charge on any atom is -0.497 e. The molecule has 58 heavy (non-hydrogen) atoms. The smallest absolute Gasteiger partial charge is 0.178 e. The van der Waals surface area contributed by atoms with Crippen LogP contribution in [0.4, 0.5) is 5.69 Å². The second kappa shape index (κ2) is 15.9. The number of morpholine rings is 1. The van der Waals surface area contributed by atoms with Gasteiger partial charge in [0.05, 0.1) is 27.4 Å². The van der Waals surface area contributed by atoms with E-state index >= 15 is 0 Å². The van der Waals surface area contributed by atoms with Gasteiger partial charge in [-0.3, -0.25) is 0 Å². The summed E-state index contributed by atoms with van der Waals surface area (Å²) in [7, 11) is 12.4. The predicted octanol–water partition coefficient (Wildman–Crippen LogP) is 10.5. The lowest BCUT2D eigenvalue weighted by Gasteiger charge is -2.39. The molecular weight excluding hydrogens is 1000 g/mol. The molecule has 6 aromatic carbocycles. The highest BCUT2D eigenvalue weighted by Crippen LogP contribution is 2.61. The van der Waals surface area contributed by atoms with Crippen molar-refractivity contribution in [2.24, 2.45) is 0 Å². The van der Waals surface area contributed by atoms with Crippen molar-refractivity contribution < 1.29 is 18.9 Å². The monoisotopic (exact) mass is 1050 g/mol. The maximum absolute atomic E-state index is 7.74. The van der Waals surface area contributed by atoms with Gasteiger partial charge in [0, 0.05) is 59.0 Å². The van der Waals surface area contributed by atoms with Crippen LogP contribution in [0.3, 0.4) is 0 Å². The summed E-state index contributed by atoms with van der Waals surface area (Å²) in [4.78, 5) is 2.44. The first-order valence-corrected chi connectivity index (χ1v) is 23.6. The zero-order valence-corrected chi connectivity index (χ0v) is 40.8. The van der Waals surface area contributed by atoms with E-state index in [0.717, 1.165) is 78.5 Å². The fourth-order valence-corrected chi connectivity index (χ4v) is 13.3. The van der Waals surface area contributed by atoms with Crippen molar-refractivity contribution in [1.82, 2.24) is 0 Å². The standard InChI is InChI=1S/C48H46I2NO4P3/c1-5-47(6-2)37-25-27(38-41(49)45(57)42(50)46(58)44(38)56)7-17-34(37)39-33-18-12-30(51-21-23-54-24-22-51)26-36(33)43-35(40(39)47)19-20-48(55-43,28-8-13-31(52-3)14-9-28)29-10-15-32(53-4)16-11-29/h7-20,25-26H,5-6,21-24,56-58H2,1-4H3. The van der Waals surface area contributed by atoms with E-state index in [2.05, 4.69) is 164 Å². The summed E-state index contributed by atoms with van der Waals surface area (Å²) in [5, 5.41) is 6.02.